The molecule has 1 N–H and O–H groups in total. The molecule has 0 radical (unpaired) electrons. The van der Waals surface area contributed by atoms with Crippen LogP contribution in [0.25, 0.3) is 0 Å². The van der Waals surface area contributed by atoms with Crippen LogP contribution in [0.5, 0.6) is 0 Å². The molecule has 0 saturated carbocycles. The Bertz CT molecular complexity index is 791. The van der Waals surface area contributed by atoms with Crippen molar-refractivity contribution in [2.45, 2.75) is 32.0 Å². The van der Waals surface area contributed by atoms with Crippen molar-refractivity contribution in [3.8, 4) is 0 Å². The molecule has 0 aliphatic carbocycles. The first kappa shape index (κ1) is 17.9. The van der Waals surface area contributed by atoms with E-state index in [1.54, 1.807) is 12.3 Å². The van der Waals surface area contributed by atoms with Gasteiger partial charge in [0.1, 0.15) is 5.69 Å². The van der Waals surface area contributed by atoms with Crippen LogP contribution < -0.4 is 5.32 Å². The normalized spacial score (nSPS) is 18.6. The van der Waals surface area contributed by atoms with Gasteiger partial charge in [-0.3, -0.25) is 4.79 Å². The van der Waals surface area contributed by atoms with Crippen LogP contribution in [0.4, 0.5) is 11.4 Å². The number of anilines is 2. The standard InChI is InChI=1S/C21H25N3O3/c1-2-16-5-3-4-6-18(16)23-17-7-8-19(22-15-17)20(25)24-11-9-21(10-12-24)26-13-14-27-21/h3-8,15,23H,2,9-14H2,1H3. The maximum absolute atomic E-state index is 12.7. The minimum absolute atomic E-state index is 0.0386. The van der Waals surface area contributed by atoms with E-state index in [4.69, 9.17) is 9.47 Å². The summed E-state index contributed by atoms with van der Waals surface area (Å²) in [6.45, 7) is 4.68. The highest BCUT2D eigenvalue weighted by Crippen LogP contribution is 2.31. The lowest BCUT2D eigenvalue weighted by Crippen LogP contribution is -2.47. The van der Waals surface area contributed by atoms with Gasteiger partial charge in [0.2, 0.25) is 0 Å². The van der Waals surface area contributed by atoms with Gasteiger partial charge >= 0.3 is 0 Å². The quantitative estimate of drug-likeness (QED) is 0.898. The molecule has 2 aliphatic rings. The van der Waals surface area contributed by atoms with Gasteiger partial charge < -0.3 is 19.7 Å². The van der Waals surface area contributed by atoms with Gasteiger partial charge in [-0.25, -0.2) is 4.98 Å². The Morgan fingerprint density at radius 3 is 2.56 bits per heavy atom. The highest BCUT2D eigenvalue weighted by molar-refractivity contribution is 5.92. The van der Waals surface area contributed by atoms with Crippen LogP contribution in [0.2, 0.25) is 0 Å². The van der Waals surface area contributed by atoms with Crippen molar-refractivity contribution in [2.24, 2.45) is 0 Å². The van der Waals surface area contributed by atoms with E-state index in [0.717, 1.165) is 17.8 Å². The number of amides is 1. The smallest absolute Gasteiger partial charge is 0.272 e. The van der Waals surface area contributed by atoms with Crippen LogP contribution >= 0.6 is 0 Å². The number of piperidine rings is 1. The number of hydrogen-bond donors (Lipinski definition) is 1. The Hall–Kier alpha value is -2.44. The Morgan fingerprint density at radius 2 is 1.89 bits per heavy atom. The summed E-state index contributed by atoms with van der Waals surface area (Å²) in [5.41, 5.74) is 3.65. The number of hydrogen-bond acceptors (Lipinski definition) is 5. The first-order chi connectivity index (χ1) is 13.2. The molecule has 1 amide bonds. The molecular formula is C21H25N3O3. The van der Waals surface area contributed by atoms with Crippen molar-refractivity contribution in [2.75, 3.05) is 31.6 Å². The monoisotopic (exact) mass is 367 g/mol. The number of ether oxygens (including phenoxy) is 2. The summed E-state index contributed by atoms with van der Waals surface area (Å²) in [4.78, 5) is 18.9. The van der Waals surface area contributed by atoms with Crippen molar-refractivity contribution < 1.29 is 14.3 Å². The summed E-state index contributed by atoms with van der Waals surface area (Å²) < 4.78 is 11.4. The number of aromatic nitrogens is 1. The van der Waals surface area contributed by atoms with Gasteiger partial charge in [0, 0.05) is 31.6 Å². The third-order valence-corrected chi connectivity index (χ3v) is 5.29. The number of likely N-dealkylation sites (tertiary alicyclic amines) is 1. The van der Waals surface area contributed by atoms with Crippen LogP contribution in [0.1, 0.15) is 35.8 Å². The molecule has 142 valence electrons. The van der Waals surface area contributed by atoms with Crippen molar-refractivity contribution in [3.05, 3.63) is 53.9 Å². The largest absolute Gasteiger partial charge is 0.354 e. The maximum Gasteiger partial charge on any atom is 0.272 e. The Balaban J connectivity index is 1.39. The summed E-state index contributed by atoms with van der Waals surface area (Å²) >= 11 is 0. The Morgan fingerprint density at radius 1 is 1.15 bits per heavy atom. The number of benzene rings is 1. The average Bonchev–Trinajstić information content (AvgIpc) is 3.17. The Labute approximate surface area is 159 Å². The lowest BCUT2D eigenvalue weighted by molar-refractivity contribution is -0.181. The SMILES string of the molecule is CCc1ccccc1Nc1ccc(C(=O)N2CCC3(CC2)OCCO3)nc1. The summed E-state index contributed by atoms with van der Waals surface area (Å²) in [6, 6.07) is 11.9. The fraction of sp³-hybridized carbons (Fsp3) is 0.429. The zero-order valence-electron chi connectivity index (χ0n) is 15.6. The zero-order chi connectivity index (χ0) is 18.7. The first-order valence-electron chi connectivity index (χ1n) is 9.57. The van der Waals surface area contributed by atoms with E-state index in [1.165, 1.54) is 5.56 Å². The third kappa shape index (κ3) is 3.82. The second-order valence-electron chi connectivity index (χ2n) is 6.97. The van der Waals surface area contributed by atoms with Crippen LogP contribution in [0, 0.1) is 0 Å². The molecule has 1 spiro atoms. The lowest BCUT2D eigenvalue weighted by Gasteiger charge is -2.37. The molecule has 4 rings (SSSR count). The first-order valence-corrected chi connectivity index (χ1v) is 9.57. The third-order valence-electron chi connectivity index (χ3n) is 5.29. The average molecular weight is 367 g/mol. The fourth-order valence-corrected chi connectivity index (χ4v) is 3.70. The van der Waals surface area contributed by atoms with Crippen molar-refractivity contribution in [1.82, 2.24) is 9.88 Å². The Kier molecular flexibility index (Phi) is 5.09. The summed E-state index contributed by atoms with van der Waals surface area (Å²) in [6.07, 6.45) is 4.10. The molecule has 1 aromatic heterocycles. The van der Waals surface area contributed by atoms with Gasteiger partial charge in [-0.05, 0) is 30.2 Å². The number of nitrogens with one attached hydrogen (secondary N) is 1. The predicted molar refractivity (Wildman–Crippen MR) is 103 cm³/mol. The van der Waals surface area contributed by atoms with E-state index < -0.39 is 5.79 Å². The number of carbonyl (C=O) groups excluding carboxylic acids is 1. The molecule has 0 unspecified atom stereocenters. The van der Waals surface area contributed by atoms with Gasteiger partial charge in [0.25, 0.3) is 5.91 Å². The molecular weight excluding hydrogens is 342 g/mol. The molecule has 2 fully saturated rings. The highest BCUT2D eigenvalue weighted by atomic mass is 16.7. The molecule has 2 aliphatic heterocycles. The van der Waals surface area contributed by atoms with E-state index in [2.05, 4.69) is 29.4 Å². The predicted octanol–water partition coefficient (Wildman–Crippen LogP) is 3.37. The molecule has 2 aromatic rings. The second kappa shape index (κ2) is 7.66. The number of rotatable bonds is 4. The fourth-order valence-electron chi connectivity index (χ4n) is 3.70. The molecule has 6 heteroatoms. The maximum atomic E-state index is 12.7. The van der Waals surface area contributed by atoms with Crippen molar-refractivity contribution in [1.29, 1.82) is 0 Å². The van der Waals surface area contributed by atoms with E-state index in [1.807, 2.05) is 23.1 Å². The zero-order valence-corrected chi connectivity index (χ0v) is 15.6. The summed E-state index contributed by atoms with van der Waals surface area (Å²) in [5, 5.41) is 3.38. The van der Waals surface area contributed by atoms with E-state index >= 15 is 0 Å². The van der Waals surface area contributed by atoms with Crippen LogP contribution in [0.15, 0.2) is 42.6 Å². The second-order valence-corrected chi connectivity index (χ2v) is 6.97. The number of para-hydroxylation sites is 1. The van der Waals surface area contributed by atoms with Crippen molar-refractivity contribution in [3.63, 3.8) is 0 Å². The van der Waals surface area contributed by atoms with E-state index in [-0.39, 0.29) is 5.91 Å². The molecule has 1 aromatic carbocycles. The molecule has 2 saturated heterocycles. The summed E-state index contributed by atoms with van der Waals surface area (Å²) in [7, 11) is 0. The number of aryl methyl sites for hydroxylation is 1. The number of pyridine rings is 1. The van der Waals surface area contributed by atoms with E-state index in [0.29, 0.717) is 44.8 Å². The van der Waals surface area contributed by atoms with Crippen LogP contribution in [0.3, 0.4) is 0 Å². The summed E-state index contributed by atoms with van der Waals surface area (Å²) in [5.74, 6) is -0.506. The minimum atomic E-state index is -0.468. The van der Waals surface area contributed by atoms with Gasteiger partial charge in [-0.2, -0.15) is 0 Å². The minimum Gasteiger partial charge on any atom is -0.354 e. The van der Waals surface area contributed by atoms with E-state index in [9.17, 15) is 4.79 Å². The molecule has 6 nitrogen and oxygen atoms in total. The van der Waals surface area contributed by atoms with Crippen LogP contribution in [-0.2, 0) is 15.9 Å². The number of carbonyl (C=O) groups is 1. The number of nitrogens with zero attached hydrogens (tertiary/aromatic N) is 2. The van der Waals surface area contributed by atoms with Gasteiger partial charge in [0.05, 0.1) is 25.1 Å². The van der Waals surface area contributed by atoms with Crippen LogP contribution in [-0.4, -0.2) is 47.9 Å². The molecule has 0 bridgehead atoms. The highest BCUT2D eigenvalue weighted by Gasteiger charge is 2.40. The van der Waals surface area contributed by atoms with Gasteiger partial charge in [0.15, 0.2) is 5.79 Å². The van der Waals surface area contributed by atoms with Crippen molar-refractivity contribution >= 4 is 17.3 Å². The molecule has 0 atom stereocenters. The lowest BCUT2D eigenvalue weighted by atomic mass is 10.0. The molecule has 3 heterocycles. The van der Waals surface area contributed by atoms with Gasteiger partial charge in [-0.15, -0.1) is 0 Å². The van der Waals surface area contributed by atoms with Gasteiger partial charge in [-0.1, -0.05) is 25.1 Å². The molecule has 27 heavy (non-hydrogen) atoms. The topological polar surface area (TPSA) is 63.7 Å².